The lowest BCUT2D eigenvalue weighted by molar-refractivity contribution is -0.192. The van der Waals surface area contributed by atoms with Crippen molar-refractivity contribution in [3.05, 3.63) is 60.8 Å². The number of nitrogens with one attached hydrogen (secondary N) is 1. The van der Waals surface area contributed by atoms with E-state index >= 15 is 0 Å². The highest BCUT2D eigenvalue weighted by Gasteiger charge is 2.38. The van der Waals surface area contributed by atoms with E-state index in [0.29, 0.717) is 31.3 Å². The van der Waals surface area contributed by atoms with Crippen molar-refractivity contribution in [2.24, 2.45) is 0 Å². The van der Waals surface area contributed by atoms with Crippen LogP contribution < -0.4 is 0 Å². The van der Waals surface area contributed by atoms with Gasteiger partial charge in [-0.05, 0) is 24.3 Å². The molecule has 3 aromatic heterocycles. The van der Waals surface area contributed by atoms with Gasteiger partial charge in [0.1, 0.15) is 28.5 Å². The maximum absolute atomic E-state index is 14.1. The molecule has 1 fully saturated rings. The zero-order valence-corrected chi connectivity index (χ0v) is 22.9. The second kappa shape index (κ2) is 12.8. The molecule has 0 saturated carbocycles. The first kappa shape index (κ1) is 31.5. The predicted octanol–water partition coefficient (Wildman–Crippen LogP) is 3.19. The van der Waals surface area contributed by atoms with E-state index in [1.807, 2.05) is 17.2 Å². The Morgan fingerprint density at radius 2 is 1.84 bits per heavy atom. The maximum atomic E-state index is 14.1. The molecule has 1 aliphatic rings. The highest BCUT2D eigenvalue weighted by molar-refractivity contribution is 7.89. The normalized spacial score (nSPS) is 15.4. The lowest BCUT2D eigenvalue weighted by atomic mass is 10.1. The Labute approximate surface area is 241 Å². The molecule has 0 radical (unpaired) electrons. The van der Waals surface area contributed by atoms with E-state index in [1.54, 1.807) is 17.1 Å². The van der Waals surface area contributed by atoms with Crippen LogP contribution >= 0.6 is 0 Å². The summed E-state index contributed by atoms with van der Waals surface area (Å²) in [6.45, 7) is 1.47. The van der Waals surface area contributed by atoms with Gasteiger partial charge in [-0.2, -0.15) is 27.8 Å². The molecule has 43 heavy (non-hydrogen) atoms. The molecule has 1 saturated heterocycles. The highest BCUT2D eigenvalue weighted by atomic mass is 32.2. The molecular weight excluding hydrogens is 603 g/mol. The molecule has 0 bridgehead atoms. The number of halogens is 5. The maximum Gasteiger partial charge on any atom is 0.490 e. The Morgan fingerprint density at radius 3 is 2.49 bits per heavy atom. The average Bonchev–Trinajstić information content (AvgIpc) is 3.64. The van der Waals surface area contributed by atoms with Crippen molar-refractivity contribution in [3.8, 4) is 17.3 Å². The fourth-order valence-electron chi connectivity index (χ4n) is 4.37. The number of nitriles is 1. The summed E-state index contributed by atoms with van der Waals surface area (Å²) in [7, 11) is -4.16. The Hall–Kier alpha value is -4.47. The van der Waals surface area contributed by atoms with Gasteiger partial charge in [0, 0.05) is 56.1 Å². The topological polar surface area (TPSA) is 161 Å². The summed E-state index contributed by atoms with van der Waals surface area (Å²) in [5, 5.41) is 21.9. The molecule has 0 spiro atoms. The number of carboxylic acids is 1. The van der Waals surface area contributed by atoms with Crippen molar-refractivity contribution in [3.63, 3.8) is 0 Å². The number of aromatic amines is 1. The number of piperazine rings is 1. The highest BCUT2D eigenvalue weighted by Crippen LogP contribution is 2.27. The standard InChI is InChI=1S/C23H22F2N8O2S.C2HF3O2/c24-17-1-2-20(25)21(11-17)36(34,35)32-9-7-31(8-10-32)14-18(3-5-26)33-13-16(12-30-33)22-19-4-6-27-23(19)29-15-28-22;3-2(4,5)1(6)7/h1-2,4,6,11-13,15,18H,3,7-10,14H2,(H,27,28,29);(H,6,7). The number of sulfonamides is 1. The number of hydrogen-bond donors (Lipinski definition) is 2. The largest absolute Gasteiger partial charge is 0.490 e. The fourth-order valence-corrected chi connectivity index (χ4v) is 5.87. The number of nitrogens with zero attached hydrogens (tertiary/aromatic N) is 7. The molecule has 1 atom stereocenters. The molecule has 12 nitrogen and oxygen atoms in total. The van der Waals surface area contributed by atoms with E-state index in [4.69, 9.17) is 9.90 Å². The second-order valence-corrected chi connectivity index (χ2v) is 11.2. The first-order valence-corrected chi connectivity index (χ1v) is 13.9. The smallest absolute Gasteiger partial charge is 0.475 e. The van der Waals surface area contributed by atoms with Gasteiger partial charge >= 0.3 is 12.1 Å². The van der Waals surface area contributed by atoms with Gasteiger partial charge in [-0.1, -0.05) is 0 Å². The molecule has 228 valence electrons. The van der Waals surface area contributed by atoms with Crippen LogP contribution in [0, 0.1) is 23.0 Å². The number of benzene rings is 1. The monoisotopic (exact) mass is 626 g/mol. The van der Waals surface area contributed by atoms with Gasteiger partial charge in [-0.15, -0.1) is 0 Å². The van der Waals surface area contributed by atoms with Gasteiger partial charge in [0.2, 0.25) is 10.0 Å². The number of fused-ring (bicyclic) bond motifs is 1. The van der Waals surface area contributed by atoms with Crippen LogP contribution in [0.4, 0.5) is 22.0 Å². The van der Waals surface area contributed by atoms with E-state index in [0.717, 1.165) is 33.1 Å². The Bertz CT molecular complexity index is 1740. The number of hydrogen-bond acceptors (Lipinski definition) is 8. The minimum Gasteiger partial charge on any atom is -0.475 e. The van der Waals surface area contributed by atoms with Crippen molar-refractivity contribution in [1.82, 2.24) is 33.9 Å². The summed E-state index contributed by atoms with van der Waals surface area (Å²) in [6, 6.07) is 6.21. The quantitative estimate of drug-likeness (QED) is 0.294. The van der Waals surface area contributed by atoms with E-state index in [9.17, 15) is 35.6 Å². The third-order valence-corrected chi connectivity index (χ3v) is 8.40. The van der Waals surface area contributed by atoms with E-state index in [-0.39, 0.29) is 25.6 Å². The summed E-state index contributed by atoms with van der Waals surface area (Å²) < 4.78 is 88.0. The minimum atomic E-state index is -5.08. The molecule has 4 heterocycles. The molecule has 0 aliphatic carbocycles. The Kier molecular flexibility index (Phi) is 9.37. The summed E-state index contributed by atoms with van der Waals surface area (Å²) >= 11 is 0. The zero-order chi connectivity index (χ0) is 31.4. The van der Waals surface area contributed by atoms with Crippen molar-refractivity contribution < 1.29 is 40.3 Å². The fraction of sp³-hybridized carbons (Fsp3) is 0.320. The van der Waals surface area contributed by atoms with Crippen molar-refractivity contribution >= 4 is 27.0 Å². The van der Waals surface area contributed by atoms with Crippen LogP contribution in [0.25, 0.3) is 22.3 Å². The molecule has 5 rings (SSSR count). The number of carbonyl (C=O) groups is 1. The van der Waals surface area contributed by atoms with Crippen molar-refractivity contribution in [2.45, 2.75) is 23.5 Å². The molecule has 2 N–H and O–H groups in total. The minimum absolute atomic E-state index is 0.119. The lowest BCUT2D eigenvalue weighted by Crippen LogP contribution is -2.50. The molecule has 0 amide bonds. The third-order valence-electron chi connectivity index (χ3n) is 6.48. The first-order chi connectivity index (χ1) is 20.3. The van der Waals surface area contributed by atoms with Crippen LogP contribution in [-0.2, 0) is 14.8 Å². The van der Waals surface area contributed by atoms with E-state index in [2.05, 4.69) is 26.1 Å². The summed E-state index contributed by atoms with van der Waals surface area (Å²) in [4.78, 5) is 21.9. The summed E-state index contributed by atoms with van der Waals surface area (Å²) in [6.07, 6.45) is 1.91. The van der Waals surface area contributed by atoms with Gasteiger partial charge in [-0.25, -0.2) is 32.0 Å². The van der Waals surface area contributed by atoms with Crippen LogP contribution in [-0.4, -0.2) is 92.3 Å². The number of aromatic nitrogens is 5. The molecule has 1 aliphatic heterocycles. The lowest BCUT2D eigenvalue weighted by Gasteiger charge is -2.35. The van der Waals surface area contributed by atoms with Crippen molar-refractivity contribution in [1.29, 1.82) is 5.26 Å². The first-order valence-electron chi connectivity index (χ1n) is 12.5. The van der Waals surface area contributed by atoms with E-state index in [1.165, 1.54) is 6.33 Å². The van der Waals surface area contributed by atoms with Crippen LogP contribution in [0.3, 0.4) is 0 Å². The van der Waals surface area contributed by atoms with Gasteiger partial charge in [0.25, 0.3) is 0 Å². The van der Waals surface area contributed by atoms with Crippen LogP contribution in [0.15, 0.2) is 54.1 Å². The van der Waals surface area contributed by atoms with Crippen LogP contribution in [0.2, 0.25) is 0 Å². The predicted molar refractivity (Wildman–Crippen MR) is 140 cm³/mol. The number of H-pyrrole nitrogens is 1. The number of aliphatic carboxylic acids is 1. The summed E-state index contributed by atoms with van der Waals surface area (Å²) in [5.41, 5.74) is 2.23. The van der Waals surface area contributed by atoms with Gasteiger partial charge in [0.05, 0.1) is 30.4 Å². The number of carboxylic acid groups (broad SMARTS) is 1. The van der Waals surface area contributed by atoms with Gasteiger partial charge < -0.3 is 10.1 Å². The molecule has 1 unspecified atom stereocenters. The Balaban J connectivity index is 0.000000541. The molecular formula is C25H23F5N8O4S. The molecule has 4 aromatic rings. The zero-order valence-electron chi connectivity index (χ0n) is 22.0. The summed E-state index contributed by atoms with van der Waals surface area (Å²) in [5.74, 6) is -4.55. The van der Waals surface area contributed by atoms with Gasteiger partial charge in [0.15, 0.2) is 0 Å². The SMILES string of the molecule is N#CCC(CN1CCN(S(=O)(=O)c2cc(F)ccc2F)CC1)n1cc(-c2ncnc3[nH]ccc23)cn1.O=C(O)C(F)(F)F. The number of rotatable bonds is 7. The van der Waals surface area contributed by atoms with Gasteiger partial charge in [-0.3, -0.25) is 9.58 Å². The Morgan fingerprint density at radius 1 is 1.14 bits per heavy atom. The van der Waals surface area contributed by atoms with Crippen LogP contribution in [0.1, 0.15) is 12.5 Å². The second-order valence-electron chi connectivity index (χ2n) is 9.27. The number of alkyl halides is 3. The third kappa shape index (κ3) is 7.31. The van der Waals surface area contributed by atoms with E-state index < -0.39 is 38.7 Å². The molecule has 18 heteroatoms. The van der Waals surface area contributed by atoms with Crippen molar-refractivity contribution in [2.75, 3.05) is 32.7 Å². The average molecular weight is 627 g/mol. The molecule has 1 aromatic carbocycles. The van der Waals surface area contributed by atoms with Crippen LogP contribution in [0.5, 0.6) is 0 Å².